The minimum Gasteiger partial charge on any atom is -0.394 e. The molecule has 0 aliphatic carbocycles. The summed E-state index contributed by atoms with van der Waals surface area (Å²) in [5, 5.41) is 11.9. The monoisotopic (exact) mass is 245 g/mol. The molecule has 3 nitrogen and oxygen atoms in total. The summed E-state index contributed by atoms with van der Waals surface area (Å²) in [5.41, 5.74) is 0.600. The Hall–Kier alpha value is -1.79. The number of rotatable bonds is 2. The molecule has 0 saturated carbocycles. The van der Waals surface area contributed by atoms with Gasteiger partial charge in [-0.3, -0.25) is 4.79 Å². The fourth-order valence-corrected chi connectivity index (χ4v) is 1.38. The van der Waals surface area contributed by atoms with Crippen molar-refractivity contribution in [3.63, 3.8) is 0 Å². The third-order valence-electron chi connectivity index (χ3n) is 2.63. The molecule has 1 amide bonds. The summed E-state index contributed by atoms with van der Waals surface area (Å²) in [5.74, 6) is 4.94. The van der Waals surface area contributed by atoms with Gasteiger partial charge in [0.2, 0.25) is 0 Å². The summed E-state index contributed by atoms with van der Waals surface area (Å²) in [6, 6.07) is 9.02. The quantitative estimate of drug-likeness (QED) is 0.777. The van der Waals surface area contributed by atoms with Crippen LogP contribution in [0.3, 0.4) is 0 Å². The molecule has 2 N–H and O–H groups in total. The number of hydrogen-bond acceptors (Lipinski definition) is 2. The Labute approximate surface area is 108 Å². The molecule has 1 atom stereocenters. The van der Waals surface area contributed by atoms with Crippen molar-refractivity contribution in [3.8, 4) is 11.8 Å². The lowest BCUT2D eigenvalue weighted by Gasteiger charge is -2.28. The smallest absolute Gasteiger partial charge is 0.296 e. The van der Waals surface area contributed by atoms with Crippen LogP contribution in [0.5, 0.6) is 0 Å². The number of hydrogen-bond donors (Lipinski definition) is 2. The average Bonchev–Trinajstić information content (AvgIpc) is 2.33. The van der Waals surface area contributed by atoms with Crippen molar-refractivity contribution in [3.05, 3.63) is 35.9 Å². The Morgan fingerprint density at radius 1 is 1.33 bits per heavy atom. The van der Waals surface area contributed by atoms with Crippen molar-refractivity contribution < 1.29 is 9.90 Å². The largest absolute Gasteiger partial charge is 0.394 e. The predicted octanol–water partition coefficient (Wildman–Crippen LogP) is 1.56. The molecule has 0 unspecified atom stereocenters. The third-order valence-corrected chi connectivity index (χ3v) is 2.63. The van der Waals surface area contributed by atoms with E-state index in [0.717, 1.165) is 5.56 Å². The molecule has 0 fully saturated rings. The zero-order valence-electron chi connectivity index (χ0n) is 11.0. The molecule has 0 aliphatic heterocycles. The summed E-state index contributed by atoms with van der Waals surface area (Å²) in [6.45, 7) is 5.78. The van der Waals surface area contributed by atoms with Crippen molar-refractivity contribution in [1.29, 1.82) is 0 Å². The van der Waals surface area contributed by atoms with Crippen LogP contribution in [-0.2, 0) is 4.79 Å². The number of nitrogens with one attached hydrogen (secondary N) is 1. The molecule has 96 valence electrons. The number of carbonyl (C=O) groups excluding carboxylic acids is 1. The van der Waals surface area contributed by atoms with Gasteiger partial charge in [0.25, 0.3) is 5.91 Å². The highest BCUT2D eigenvalue weighted by molar-refractivity contribution is 5.94. The molecule has 0 heterocycles. The predicted molar refractivity (Wildman–Crippen MR) is 71.8 cm³/mol. The molecule has 0 bridgehead atoms. The zero-order valence-corrected chi connectivity index (χ0v) is 11.0. The van der Waals surface area contributed by atoms with Crippen molar-refractivity contribution in [1.82, 2.24) is 5.32 Å². The molecular formula is C15H19NO2. The van der Waals surface area contributed by atoms with Gasteiger partial charge in [-0.05, 0) is 17.5 Å². The van der Waals surface area contributed by atoms with Gasteiger partial charge in [-0.1, -0.05) is 44.9 Å². The molecule has 0 spiro atoms. The Morgan fingerprint density at radius 3 is 2.44 bits per heavy atom. The normalized spacial score (nSPS) is 12.2. The zero-order chi connectivity index (χ0) is 13.6. The molecule has 1 aromatic carbocycles. The molecule has 1 rings (SSSR count). The molecule has 0 aliphatic rings. The Bertz CT molecular complexity index is 449. The van der Waals surface area contributed by atoms with Gasteiger partial charge in [0.05, 0.1) is 12.6 Å². The number of aliphatic hydroxyl groups excluding tert-OH is 1. The third kappa shape index (κ3) is 4.60. The topological polar surface area (TPSA) is 49.3 Å². The van der Waals surface area contributed by atoms with E-state index in [1.165, 1.54) is 0 Å². The molecule has 0 radical (unpaired) electrons. The van der Waals surface area contributed by atoms with Crippen LogP contribution in [0.25, 0.3) is 0 Å². The van der Waals surface area contributed by atoms with Crippen LogP contribution < -0.4 is 5.32 Å². The highest BCUT2D eigenvalue weighted by atomic mass is 16.3. The first kappa shape index (κ1) is 14.3. The molecule has 0 saturated heterocycles. The fourth-order valence-electron chi connectivity index (χ4n) is 1.38. The van der Waals surface area contributed by atoms with Crippen LogP contribution in [0.4, 0.5) is 0 Å². The second-order valence-electron chi connectivity index (χ2n) is 5.19. The van der Waals surface area contributed by atoms with Crippen LogP contribution in [0.15, 0.2) is 30.3 Å². The fraction of sp³-hybridized carbons (Fsp3) is 0.400. The maximum Gasteiger partial charge on any atom is 0.296 e. The lowest BCUT2D eigenvalue weighted by atomic mass is 9.87. The van der Waals surface area contributed by atoms with Crippen LogP contribution in [0, 0.1) is 17.3 Å². The van der Waals surface area contributed by atoms with Gasteiger partial charge in [-0.2, -0.15) is 0 Å². The van der Waals surface area contributed by atoms with Gasteiger partial charge >= 0.3 is 0 Å². The number of aliphatic hydroxyl groups is 1. The Kier molecular flexibility index (Phi) is 4.94. The van der Waals surface area contributed by atoms with E-state index >= 15 is 0 Å². The maximum atomic E-state index is 11.6. The highest BCUT2D eigenvalue weighted by Gasteiger charge is 2.24. The van der Waals surface area contributed by atoms with Gasteiger partial charge in [0.15, 0.2) is 0 Å². The van der Waals surface area contributed by atoms with E-state index < -0.39 is 0 Å². The second-order valence-corrected chi connectivity index (χ2v) is 5.19. The number of carbonyl (C=O) groups is 1. The summed E-state index contributed by atoms with van der Waals surface area (Å²) in [7, 11) is 0. The summed E-state index contributed by atoms with van der Waals surface area (Å²) >= 11 is 0. The minimum atomic E-state index is -0.368. The maximum absolute atomic E-state index is 11.6. The Morgan fingerprint density at radius 2 is 1.94 bits per heavy atom. The van der Waals surface area contributed by atoms with Crippen LogP contribution in [-0.4, -0.2) is 23.7 Å². The van der Waals surface area contributed by atoms with E-state index in [2.05, 4.69) is 17.2 Å². The van der Waals surface area contributed by atoms with Crippen molar-refractivity contribution in [2.75, 3.05) is 6.61 Å². The van der Waals surface area contributed by atoms with Gasteiger partial charge in [-0.25, -0.2) is 0 Å². The standard InChI is InChI=1S/C15H19NO2/c1-15(2,3)13(11-17)16-14(18)10-9-12-7-5-4-6-8-12/h4-8,13,17H,11H2,1-3H3,(H,16,18)/t13-/m1/s1. The van der Waals surface area contributed by atoms with Crippen molar-refractivity contribution in [2.45, 2.75) is 26.8 Å². The van der Waals surface area contributed by atoms with Crippen molar-refractivity contribution in [2.24, 2.45) is 5.41 Å². The van der Waals surface area contributed by atoms with Gasteiger partial charge in [0, 0.05) is 11.5 Å². The van der Waals surface area contributed by atoms with Crippen LogP contribution in [0.2, 0.25) is 0 Å². The van der Waals surface area contributed by atoms with E-state index in [1.807, 2.05) is 51.1 Å². The summed E-state index contributed by atoms with van der Waals surface area (Å²) in [4.78, 5) is 11.6. The number of benzene rings is 1. The van der Waals surface area contributed by atoms with Crippen LogP contribution in [0.1, 0.15) is 26.3 Å². The first-order chi connectivity index (χ1) is 8.43. The Balaban J connectivity index is 2.65. The van der Waals surface area contributed by atoms with Gasteiger partial charge in [-0.15, -0.1) is 0 Å². The molecule has 18 heavy (non-hydrogen) atoms. The SMILES string of the molecule is CC(C)(C)[C@@H](CO)NC(=O)C#Cc1ccccc1. The average molecular weight is 245 g/mol. The highest BCUT2D eigenvalue weighted by Crippen LogP contribution is 2.18. The second kappa shape index (κ2) is 6.23. The molecule has 1 aromatic rings. The first-order valence-electron chi connectivity index (χ1n) is 5.92. The minimum absolute atomic E-state index is 0.0950. The lowest BCUT2D eigenvalue weighted by Crippen LogP contribution is -2.45. The van der Waals surface area contributed by atoms with Crippen LogP contribution >= 0.6 is 0 Å². The van der Waals surface area contributed by atoms with E-state index in [9.17, 15) is 9.90 Å². The lowest BCUT2D eigenvalue weighted by molar-refractivity contribution is -0.117. The molecule has 3 heteroatoms. The number of amides is 1. The summed E-state index contributed by atoms with van der Waals surface area (Å²) < 4.78 is 0. The molecular weight excluding hydrogens is 226 g/mol. The summed E-state index contributed by atoms with van der Waals surface area (Å²) in [6.07, 6.45) is 0. The van der Waals surface area contributed by atoms with E-state index in [0.29, 0.717) is 0 Å². The van der Waals surface area contributed by atoms with E-state index in [1.54, 1.807) is 0 Å². The van der Waals surface area contributed by atoms with E-state index in [4.69, 9.17) is 0 Å². The van der Waals surface area contributed by atoms with Gasteiger partial charge < -0.3 is 10.4 Å². The van der Waals surface area contributed by atoms with E-state index in [-0.39, 0.29) is 24.0 Å². The first-order valence-corrected chi connectivity index (χ1v) is 5.92. The van der Waals surface area contributed by atoms with Gasteiger partial charge in [0.1, 0.15) is 0 Å². The molecule has 0 aromatic heterocycles. The van der Waals surface area contributed by atoms with Crippen molar-refractivity contribution >= 4 is 5.91 Å².